The summed E-state index contributed by atoms with van der Waals surface area (Å²) in [5.74, 6) is -0.297. The van der Waals surface area contributed by atoms with Crippen LogP contribution in [0.4, 0.5) is 0 Å². The zero-order chi connectivity index (χ0) is 13.7. The number of amides is 1. The molecule has 2 aromatic carbocycles. The molecule has 0 saturated carbocycles. The van der Waals surface area contributed by atoms with E-state index in [1.165, 1.54) is 0 Å². The molecule has 0 heterocycles. The lowest BCUT2D eigenvalue weighted by Crippen LogP contribution is -2.17. The fourth-order valence-corrected chi connectivity index (χ4v) is 2.05. The molecule has 0 bridgehead atoms. The number of hydrazone groups is 1. The van der Waals surface area contributed by atoms with Crippen LogP contribution in [0.3, 0.4) is 0 Å². The Morgan fingerprint density at radius 2 is 2.00 bits per heavy atom. The minimum atomic E-state index is -0.297. The number of hydrogen-bond donors (Lipinski definition) is 1. The van der Waals surface area contributed by atoms with E-state index < -0.39 is 0 Å². The third-order valence-electron chi connectivity index (χ3n) is 2.32. The van der Waals surface area contributed by atoms with E-state index in [0.717, 1.165) is 10.0 Å². The van der Waals surface area contributed by atoms with Crippen LogP contribution in [0.1, 0.15) is 15.9 Å². The highest BCUT2D eigenvalue weighted by Crippen LogP contribution is 2.11. The van der Waals surface area contributed by atoms with E-state index in [1.807, 2.05) is 24.3 Å². The number of nitrogens with zero attached hydrogens (tertiary/aromatic N) is 1. The standard InChI is InChI=1S/C14H10BrClN2O/c15-12-5-1-3-10(7-12)9-17-18-14(19)11-4-2-6-13(16)8-11/h1-9H,(H,18,19)/b17-9+. The summed E-state index contributed by atoms with van der Waals surface area (Å²) in [6.45, 7) is 0. The van der Waals surface area contributed by atoms with Crippen molar-refractivity contribution in [3.63, 3.8) is 0 Å². The number of rotatable bonds is 3. The molecule has 19 heavy (non-hydrogen) atoms. The third kappa shape index (κ3) is 4.19. The minimum absolute atomic E-state index is 0.297. The highest BCUT2D eigenvalue weighted by Gasteiger charge is 2.03. The first kappa shape index (κ1) is 13.8. The van der Waals surface area contributed by atoms with Gasteiger partial charge in [-0.05, 0) is 35.9 Å². The Labute approximate surface area is 124 Å². The average molecular weight is 338 g/mol. The van der Waals surface area contributed by atoms with E-state index in [9.17, 15) is 4.79 Å². The summed E-state index contributed by atoms with van der Waals surface area (Å²) in [5, 5.41) is 4.42. The van der Waals surface area contributed by atoms with E-state index >= 15 is 0 Å². The van der Waals surface area contributed by atoms with Gasteiger partial charge in [-0.1, -0.05) is 45.7 Å². The monoisotopic (exact) mass is 336 g/mol. The van der Waals surface area contributed by atoms with Crippen molar-refractivity contribution >= 4 is 39.7 Å². The average Bonchev–Trinajstić information content (AvgIpc) is 2.38. The predicted molar refractivity (Wildman–Crippen MR) is 80.7 cm³/mol. The normalized spacial score (nSPS) is 10.6. The second kappa shape index (κ2) is 6.50. The first-order valence-corrected chi connectivity index (χ1v) is 6.67. The van der Waals surface area contributed by atoms with Gasteiger partial charge in [-0.15, -0.1) is 0 Å². The van der Waals surface area contributed by atoms with Gasteiger partial charge in [-0.2, -0.15) is 5.10 Å². The smallest absolute Gasteiger partial charge is 0.267 e. The number of carbonyl (C=O) groups is 1. The zero-order valence-corrected chi connectivity index (χ0v) is 12.1. The molecular formula is C14H10BrClN2O. The Morgan fingerprint density at radius 1 is 1.21 bits per heavy atom. The molecule has 2 rings (SSSR count). The zero-order valence-electron chi connectivity index (χ0n) is 9.81. The van der Waals surface area contributed by atoms with E-state index in [4.69, 9.17) is 11.6 Å². The van der Waals surface area contributed by atoms with Gasteiger partial charge in [0.25, 0.3) is 5.91 Å². The molecule has 5 heteroatoms. The van der Waals surface area contributed by atoms with Gasteiger partial charge in [0.15, 0.2) is 0 Å². The number of carbonyl (C=O) groups excluding carboxylic acids is 1. The van der Waals surface area contributed by atoms with Crippen LogP contribution >= 0.6 is 27.5 Å². The first-order chi connectivity index (χ1) is 9.15. The molecule has 0 aliphatic carbocycles. The molecule has 0 fully saturated rings. The van der Waals surface area contributed by atoms with Crippen LogP contribution in [0.15, 0.2) is 58.1 Å². The van der Waals surface area contributed by atoms with E-state index in [2.05, 4.69) is 26.5 Å². The van der Waals surface area contributed by atoms with Gasteiger partial charge in [0.05, 0.1) is 6.21 Å². The number of nitrogens with one attached hydrogen (secondary N) is 1. The van der Waals surface area contributed by atoms with Crippen LogP contribution in [-0.2, 0) is 0 Å². The lowest BCUT2D eigenvalue weighted by atomic mass is 10.2. The number of hydrogen-bond acceptors (Lipinski definition) is 2. The Bertz CT molecular complexity index is 628. The fraction of sp³-hybridized carbons (Fsp3) is 0. The summed E-state index contributed by atoms with van der Waals surface area (Å²) < 4.78 is 0.956. The summed E-state index contributed by atoms with van der Waals surface area (Å²) in [6, 6.07) is 14.3. The van der Waals surface area contributed by atoms with Gasteiger partial charge in [-0.3, -0.25) is 4.79 Å². The SMILES string of the molecule is O=C(N/N=C/c1cccc(Br)c1)c1cccc(Cl)c1. The van der Waals surface area contributed by atoms with Crippen LogP contribution in [0.2, 0.25) is 5.02 Å². The fourth-order valence-electron chi connectivity index (χ4n) is 1.45. The van der Waals surface area contributed by atoms with Crippen molar-refractivity contribution in [2.75, 3.05) is 0 Å². The van der Waals surface area contributed by atoms with E-state index in [-0.39, 0.29) is 5.91 Å². The molecule has 0 saturated heterocycles. The van der Waals surface area contributed by atoms with Crippen LogP contribution in [-0.4, -0.2) is 12.1 Å². The minimum Gasteiger partial charge on any atom is -0.267 e. The third-order valence-corrected chi connectivity index (χ3v) is 3.04. The highest BCUT2D eigenvalue weighted by atomic mass is 79.9. The first-order valence-electron chi connectivity index (χ1n) is 5.50. The molecule has 0 aliphatic rings. The van der Waals surface area contributed by atoms with Crippen molar-refractivity contribution in [1.29, 1.82) is 0 Å². The summed E-state index contributed by atoms with van der Waals surface area (Å²) in [7, 11) is 0. The van der Waals surface area contributed by atoms with Crippen LogP contribution < -0.4 is 5.43 Å². The summed E-state index contributed by atoms with van der Waals surface area (Å²) in [4.78, 5) is 11.8. The molecule has 0 atom stereocenters. The quantitative estimate of drug-likeness (QED) is 0.670. The molecule has 1 amide bonds. The van der Waals surface area contributed by atoms with Crippen LogP contribution in [0.25, 0.3) is 0 Å². The highest BCUT2D eigenvalue weighted by molar-refractivity contribution is 9.10. The Kier molecular flexibility index (Phi) is 4.71. The summed E-state index contributed by atoms with van der Waals surface area (Å²) in [5.41, 5.74) is 3.81. The van der Waals surface area contributed by atoms with Gasteiger partial charge in [-0.25, -0.2) is 5.43 Å². The molecule has 3 nitrogen and oxygen atoms in total. The molecule has 0 radical (unpaired) electrons. The van der Waals surface area contributed by atoms with E-state index in [0.29, 0.717) is 10.6 Å². The molecule has 1 N–H and O–H groups in total. The molecule has 0 aromatic heterocycles. The van der Waals surface area contributed by atoms with Crippen molar-refractivity contribution < 1.29 is 4.79 Å². The lowest BCUT2D eigenvalue weighted by Gasteiger charge is -2.00. The number of halogens is 2. The van der Waals surface area contributed by atoms with Crippen molar-refractivity contribution in [1.82, 2.24) is 5.43 Å². The Morgan fingerprint density at radius 3 is 2.74 bits per heavy atom. The van der Waals surface area contributed by atoms with Gasteiger partial charge in [0, 0.05) is 15.1 Å². The van der Waals surface area contributed by atoms with Crippen molar-refractivity contribution in [3.8, 4) is 0 Å². The lowest BCUT2D eigenvalue weighted by molar-refractivity contribution is 0.0955. The largest absolute Gasteiger partial charge is 0.271 e. The van der Waals surface area contributed by atoms with Gasteiger partial charge < -0.3 is 0 Å². The van der Waals surface area contributed by atoms with Gasteiger partial charge in [0.1, 0.15) is 0 Å². The second-order valence-electron chi connectivity index (χ2n) is 3.76. The maximum absolute atomic E-state index is 11.8. The van der Waals surface area contributed by atoms with Gasteiger partial charge >= 0.3 is 0 Å². The topological polar surface area (TPSA) is 41.5 Å². The maximum atomic E-state index is 11.8. The Balaban J connectivity index is 2.01. The predicted octanol–water partition coefficient (Wildman–Crippen LogP) is 3.87. The molecule has 2 aromatic rings. The second-order valence-corrected chi connectivity index (χ2v) is 5.12. The van der Waals surface area contributed by atoms with Gasteiger partial charge in [0.2, 0.25) is 0 Å². The Hall–Kier alpha value is -1.65. The molecule has 96 valence electrons. The van der Waals surface area contributed by atoms with Crippen molar-refractivity contribution in [3.05, 3.63) is 69.2 Å². The molecule has 0 spiro atoms. The number of benzene rings is 2. The molecule has 0 aliphatic heterocycles. The van der Waals surface area contributed by atoms with Crippen molar-refractivity contribution in [2.45, 2.75) is 0 Å². The summed E-state index contributed by atoms with van der Waals surface area (Å²) in [6.07, 6.45) is 1.58. The van der Waals surface area contributed by atoms with E-state index in [1.54, 1.807) is 30.5 Å². The van der Waals surface area contributed by atoms with Crippen molar-refractivity contribution in [2.24, 2.45) is 5.10 Å². The van der Waals surface area contributed by atoms with Crippen LogP contribution in [0, 0.1) is 0 Å². The molecular weight excluding hydrogens is 328 g/mol. The maximum Gasteiger partial charge on any atom is 0.271 e. The molecule has 0 unspecified atom stereocenters. The summed E-state index contributed by atoms with van der Waals surface area (Å²) >= 11 is 9.18. The van der Waals surface area contributed by atoms with Crippen LogP contribution in [0.5, 0.6) is 0 Å².